The van der Waals surface area contributed by atoms with Crippen molar-refractivity contribution in [3.05, 3.63) is 29.8 Å². The zero-order valence-electron chi connectivity index (χ0n) is 12.7. The molecule has 0 saturated carbocycles. The van der Waals surface area contributed by atoms with E-state index in [9.17, 15) is 22.6 Å². The van der Waals surface area contributed by atoms with Crippen LogP contribution in [0.3, 0.4) is 0 Å². The van der Waals surface area contributed by atoms with E-state index in [0.29, 0.717) is 13.1 Å². The van der Waals surface area contributed by atoms with Crippen molar-refractivity contribution in [1.29, 1.82) is 0 Å². The highest BCUT2D eigenvalue weighted by Gasteiger charge is 2.25. The topological polar surface area (TPSA) is 66.5 Å². The van der Waals surface area contributed by atoms with Crippen LogP contribution in [0.2, 0.25) is 0 Å². The zero-order chi connectivity index (χ0) is 17.0. The summed E-state index contributed by atoms with van der Waals surface area (Å²) in [5.41, 5.74) is 0. The van der Waals surface area contributed by atoms with Crippen molar-refractivity contribution < 1.29 is 22.6 Å². The minimum absolute atomic E-state index is 0.0765. The summed E-state index contributed by atoms with van der Waals surface area (Å²) in [6.45, 7) is 2.32. The molecule has 1 aromatic rings. The van der Waals surface area contributed by atoms with Gasteiger partial charge in [0.15, 0.2) is 11.6 Å². The van der Waals surface area contributed by atoms with E-state index in [4.69, 9.17) is 0 Å². The number of halogens is 2. The molecule has 0 unspecified atom stereocenters. The average Bonchev–Trinajstić information content (AvgIpc) is 2.49. The summed E-state index contributed by atoms with van der Waals surface area (Å²) in [6.07, 6.45) is 1.53. The number of nitrogens with zero attached hydrogens (tertiary/aromatic N) is 1. The first-order valence-corrected chi connectivity index (χ1v) is 8.57. The van der Waals surface area contributed by atoms with Gasteiger partial charge in [0.25, 0.3) is 0 Å². The summed E-state index contributed by atoms with van der Waals surface area (Å²) in [7, 11) is -1.74. The Labute approximate surface area is 135 Å². The zero-order valence-corrected chi connectivity index (χ0v) is 13.5. The van der Waals surface area contributed by atoms with Crippen molar-refractivity contribution >= 4 is 22.6 Å². The summed E-state index contributed by atoms with van der Waals surface area (Å²) < 4.78 is 38.2. The molecule has 1 N–H and O–H groups in total. The summed E-state index contributed by atoms with van der Waals surface area (Å²) >= 11 is 0. The maximum atomic E-state index is 13.2. The van der Waals surface area contributed by atoms with Crippen LogP contribution < -0.4 is 5.32 Å². The molecule has 5 nitrogen and oxygen atoms in total. The Hall–Kier alpha value is -1.83. The molecule has 1 fully saturated rings. The normalized spacial score (nSPS) is 19.3. The predicted octanol–water partition coefficient (Wildman–Crippen LogP) is 1.20. The fourth-order valence-corrected chi connectivity index (χ4v) is 3.54. The van der Waals surface area contributed by atoms with Crippen LogP contribution in [0.25, 0.3) is 0 Å². The van der Waals surface area contributed by atoms with Crippen LogP contribution in [0, 0.1) is 11.6 Å². The summed E-state index contributed by atoms with van der Waals surface area (Å²) in [5, 5.41) is 2.77. The van der Waals surface area contributed by atoms with Gasteiger partial charge >= 0.3 is 0 Å². The van der Waals surface area contributed by atoms with Gasteiger partial charge in [-0.05, 0) is 31.0 Å². The highest BCUT2D eigenvalue weighted by atomic mass is 32.2. The van der Waals surface area contributed by atoms with Crippen LogP contribution >= 0.6 is 0 Å². The van der Waals surface area contributed by atoms with Gasteiger partial charge in [-0.2, -0.15) is 0 Å². The molecule has 2 amide bonds. The molecule has 1 aromatic carbocycles. The maximum absolute atomic E-state index is 13.2. The lowest BCUT2D eigenvalue weighted by Crippen LogP contribution is -2.50. The van der Waals surface area contributed by atoms with Crippen LogP contribution in [-0.2, 0) is 20.4 Å². The quantitative estimate of drug-likeness (QED) is 0.893. The average molecular weight is 344 g/mol. The van der Waals surface area contributed by atoms with Gasteiger partial charge in [0.2, 0.25) is 11.8 Å². The first-order valence-electron chi connectivity index (χ1n) is 7.25. The molecule has 0 radical (unpaired) electrons. The fourth-order valence-electron chi connectivity index (χ4n) is 2.51. The molecule has 8 heteroatoms. The number of nitrogens with one attached hydrogen (secondary N) is 1. The number of hydrogen-bond acceptors (Lipinski definition) is 3. The molecule has 126 valence electrons. The molecule has 0 bridgehead atoms. The summed E-state index contributed by atoms with van der Waals surface area (Å²) in [6, 6.07) is 2.83. The lowest BCUT2D eigenvalue weighted by molar-refractivity contribution is -0.130. The molecule has 2 rings (SSSR count). The molecule has 1 heterocycles. The van der Waals surface area contributed by atoms with Gasteiger partial charge in [0.1, 0.15) is 5.75 Å². The summed E-state index contributed by atoms with van der Waals surface area (Å²) in [4.78, 5) is 24.9. The van der Waals surface area contributed by atoms with Crippen molar-refractivity contribution in [3.63, 3.8) is 0 Å². The number of carbonyl (C=O) groups excluding carboxylic acids is 2. The maximum Gasteiger partial charge on any atom is 0.235 e. The van der Waals surface area contributed by atoms with Crippen molar-refractivity contribution in [2.24, 2.45) is 0 Å². The number of rotatable bonds is 4. The van der Waals surface area contributed by atoms with E-state index < -0.39 is 22.4 Å². The number of amides is 2. The second-order valence-electron chi connectivity index (χ2n) is 5.45. The smallest absolute Gasteiger partial charge is 0.235 e. The van der Waals surface area contributed by atoms with Crippen LogP contribution in [0.15, 0.2) is 23.1 Å². The van der Waals surface area contributed by atoms with E-state index >= 15 is 0 Å². The van der Waals surface area contributed by atoms with Crippen LogP contribution in [0.5, 0.6) is 0 Å². The molecule has 2 atom stereocenters. The van der Waals surface area contributed by atoms with E-state index in [1.54, 1.807) is 4.90 Å². The van der Waals surface area contributed by atoms with E-state index in [0.717, 1.165) is 25.0 Å². The molecule has 0 aromatic heterocycles. The molecule has 1 aliphatic heterocycles. The SMILES string of the molecule is CC(=O)N[C@@H]1CCCN(C(=O)C[S@](=O)c2ccc(F)c(F)c2)C1. The van der Waals surface area contributed by atoms with Gasteiger partial charge in [-0.25, -0.2) is 8.78 Å². The van der Waals surface area contributed by atoms with E-state index in [-0.39, 0.29) is 28.5 Å². The standard InChI is InChI=1S/C15H18F2N2O3S/c1-10(20)18-11-3-2-6-19(8-11)15(21)9-23(22)12-4-5-13(16)14(17)7-12/h4-5,7,11H,2-3,6,8-9H2,1H3,(H,18,20)/t11-,23+/m1/s1. The second kappa shape index (κ2) is 7.63. The molecule has 1 aliphatic rings. The monoisotopic (exact) mass is 344 g/mol. The Bertz CT molecular complexity index is 639. The summed E-state index contributed by atoms with van der Waals surface area (Å²) in [5.74, 6) is -2.89. The van der Waals surface area contributed by atoms with Gasteiger partial charge < -0.3 is 10.2 Å². The first-order chi connectivity index (χ1) is 10.9. The number of piperidine rings is 1. The van der Waals surface area contributed by atoms with E-state index in [2.05, 4.69) is 5.32 Å². The van der Waals surface area contributed by atoms with E-state index in [1.165, 1.54) is 13.0 Å². The van der Waals surface area contributed by atoms with Gasteiger partial charge in [0.05, 0.1) is 10.8 Å². The van der Waals surface area contributed by atoms with Gasteiger partial charge in [-0.3, -0.25) is 13.8 Å². The number of hydrogen-bond donors (Lipinski definition) is 1. The van der Waals surface area contributed by atoms with Crippen molar-refractivity contribution in [2.75, 3.05) is 18.8 Å². The van der Waals surface area contributed by atoms with Crippen molar-refractivity contribution in [1.82, 2.24) is 10.2 Å². The highest BCUT2D eigenvalue weighted by Crippen LogP contribution is 2.15. The number of carbonyl (C=O) groups is 2. The fraction of sp³-hybridized carbons (Fsp3) is 0.467. The number of likely N-dealkylation sites (tertiary alicyclic amines) is 1. The van der Waals surface area contributed by atoms with Gasteiger partial charge in [-0.1, -0.05) is 0 Å². The number of benzene rings is 1. The third-order valence-electron chi connectivity index (χ3n) is 3.59. The van der Waals surface area contributed by atoms with Crippen molar-refractivity contribution in [2.45, 2.75) is 30.7 Å². The third-order valence-corrected chi connectivity index (χ3v) is 4.88. The lowest BCUT2D eigenvalue weighted by Gasteiger charge is -2.33. The lowest BCUT2D eigenvalue weighted by atomic mass is 10.1. The molecule has 0 aliphatic carbocycles. The van der Waals surface area contributed by atoms with Gasteiger partial charge in [-0.15, -0.1) is 0 Å². The molecule has 23 heavy (non-hydrogen) atoms. The Morgan fingerprint density at radius 2 is 2.09 bits per heavy atom. The predicted molar refractivity (Wildman–Crippen MR) is 81.1 cm³/mol. The largest absolute Gasteiger partial charge is 0.352 e. The Kier molecular flexibility index (Phi) is 5.81. The minimum Gasteiger partial charge on any atom is -0.352 e. The first kappa shape index (κ1) is 17.5. The highest BCUT2D eigenvalue weighted by molar-refractivity contribution is 7.85. The minimum atomic E-state index is -1.74. The van der Waals surface area contributed by atoms with Gasteiger partial charge in [0, 0.05) is 31.0 Å². The van der Waals surface area contributed by atoms with Crippen LogP contribution in [-0.4, -0.2) is 45.8 Å². The molecular formula is C15H18F2N2O3S. The van der Waals surface area contributed by atoms with Crippen LogP contribution in [0.1, 0.15) is 19.8 Å². The van der Waals surface area contributed by atoms with Crippen LogP contribution in [0.4, 0.5) is 8.78 Å². The molecular weight excluding hydrogens is 326 g/mol. The Balaban J connectivity index is 1.96. The molecule has 1 saturated heterocycles. The molecule has 0 spiro atoms. The Morgan fingerprint density at radius 3 is 2.74 bits per heavy atom. The Morgan fingerprint density at radius 1 is 1.35 bits per heavy atom. The van der Waals surface area contributed by atoms with Crippen molar-refractivity contribution in [3.8, 4) is 0 Å². The third kappa shape index (κ3) is 4.82. The second-order valence-corrected chi connectivity index (χ2v) is 6.90. The van der Waals surface area contributed by atoms with E-state index in [1.807, 2.05) is 0 Å².